The van der Waals surface area contributed by atoms with Crippen molar-refractivity contribution in [1.29, 1.82) is 0 Å². The topological polar surface area (TPSA) is 66.5 Å². The van der Waals surface area contributed by atoms with Crippen LogP contribution >= 0.6 is 11.6 Å². The highest BCUT2D eigenvalue weighted by Gasteiger charge is 2.27. The first-order valence-corrected chi connectivity index (χ1v) is 7.82. The standard InChI is InChI=1S/C16H19ClN2O3/c17-12-5-4-6-13(11-12)18-14(20)7-2-1-3-10-19-15(21)8-9-16(19)22/h4-6,11H,1-3,7-10H2,(H,18,20). The molecule has 0 atom stereocenters. The van der Waals surface area contributed by atoms with Crippen LogP contribution in [0.3, 0.4) is 0 Å². The molecule has 1 aliphatic heterocycles. The molecule has 1 fully saturated rings. The van der Waals surface area contributed by atoms with E-state index in [9.17, 15) is 14.4 Å². The van der Waals surface area contributed by atoms with Gasteiger partial charge < -0.3 is 5.32 Å². The number of hydrogen-bond donors (Lipinski definition) is 1. The first-order valence-electron chi connectivity index (χ1n) is 7.45. The van der Waals surface area contributed by atoms with Gasteiger partial charge in [-0.15, -0.1) is 0 Å². The molecule has 3 amide bonds. The van der Waals surface area contributed by atoms with Crippen molar-refractivity contribution in [2.45, 2.75) is 38.5 Å². The van der Waals surface area contributed by atoms with E-state index in [2.05, 4.69) is 5.32 Å². The summed E-state index contributed by atoms with van der Waals surface area (Å²) in [6, 6.07) is 7.01. The van der Waals surface area contributed by atoms with Crippen LogP contribution in [0.2, 0.25) is 5.02 Å². The number of benzene rings is 1. The second-order valence-electron chi connectivity index (χ2n) is 5.31. The van der Waals surface area contributed by atoms with E-state index in [1.807, 2.05) is 0 Å². The summed E-state index contributed by atoms with van der Waals surface area (Å²) in [5.41, 5.74) is 0.686. The SMILES string of the molecule is O=C(CCCCCN1C(=O)CCC1=O)Nc1cccc(Cl)c1. The van der Waals surface area contributed by atoms with E-state index in [1.165, 1.54) is 4.90 Å². The Morgan fingerprint density at radius 2 is 1.86 bits per heavy atom. The molecule has 1 aliphatic rings. The van der Waals surface area contributed by atoms with E-state index >= 15 is 0 Å². The number of nitrogens with zero attached hydrogens (tertiary/aromatic N) is 1. The number of carbonyl (C=O) groups is 3. The lowest BCUT2D eigenvalue weighted by molar-refractivity contribution is -0.138. The third kappa shape index (κ3) is 4.84. The molecule has 0 aliphatic carbocycles. The zero-order valence-electron chi connectivity index (χ0n) is 12.3. The summed E-state index contributed by atoms with van der Waals surface area (Å²) in [7, 11) is 0. The van der Waals surface area contributed by atoms with Gasteiger partial charge in [0.15, 0.2) is 0 Å². The third-order valence-corrected chi connectivity index (χ3v) is 3.78. The molecule has 22 heavy (non-hydrogen) atoms. The summed E-state index contributed by atoms with van der Waals surface area (Å²) >= 11 is 5.85. The third-order valence-electron chi connectivity index (χ3n) is 3.55. The van der Waals surface area contributed by atoms with E-state index in [0.29, 0.717) is 36.5 Å². The van der Waals surface area contributed by atoms with Gasteiger partial charge in [-0.3, -0.25) is 19.3 Å². The lowest BCUT2D eigenvalue weighted by Crippen LogP contribution is -2.29. The number of hydrogen-bond acceptors (Lipinski definition) is 3. The van der Waals surface area contributed by atoms with Gasteiger partial charge in [0.05, 0.1) is 0 Å². The number of amides is 3. The molecular weight excluding hydrogens is 304 g/mol. The molecule has 0 radical (unpaired) electrons. The van der Waals surface area contributed by atoms with Crippen molar-refractivity contribution < 1.29 is 14.4 Å². The zero-order valence-corrected chi connectivity index (χ0v) is 13.1. The smallest absolute Gasteiger partial charge is 0.229 e. The minimum absolute atomic E-state index is 0.0596. The Labute approximate surface area is 134 Å². The van der Waals surface area contributed by atoms with Crippen molar-refractivity contribution >= 4 is 35.0 Å². The van der Waals surface area contributed by atoms with Gasteiger partial charge >= 0.3 is 0 Å². The number of nitrogens with one attached hydrogen (secondary N) is 1. The van der Waals surface area contributed by atoms with Crippen molar-refractivity contribution in [3.05, 3.63) is 29.3 Å². The quantitative estimate of drug-likeness (QED) is 0.620. The molecule has 1 aromatic carbocycles. The molecule has 0 unspecified atom stereocenters. The van der Waals surface area contributed by atoms with Crippen LogP contribution in [0.25, 0.3) is 0 Å². The van der Waals surface area contributed by atoms with E-state index < -0.39 is 0 Å². The largest absolute Gasteiger partial charge is 0.326 e. The number of halogens is 1. The average Bonchev–Trinajstić information content (AvgIpc) is 2.78. The van der Waals surface area contributed by atoms with Crippen molar-refractivity contribution in [2.75, 3.05) is 11.9 Å². The van der Waals surface area contributed by atoms with Crippen LogP contribution in [0.15, 0.2) is 24.3 Å². The molecule has 1 saturated heterocycles. The first kappa shape index (κ1) is 16.5. The van der Waals surface area contributed by atoms with Crippen molar-refractivity contribution in [2.24, 2.45) is 0 Å². The summed E-state index contributed by atoms with van der Waals surface area (Å²) < 4.78 is 0. The Bertz CT molecular complexity index is 558. The molecule has 0 saturated carbocycles. The first-order chi connectivity index (χ1) is 10.6. The maximum atomic E-state index is 11.8. The van der Waals surface area contributed by atoms with Gasteiger partial charge in [0.1, 0.15) is 0 Å². The fourth-order valence-electron chi connectivity index (χ4n) is 2.39. The molecule has 5 nitrogen and oxygen atoms in total. The Balaban J connectivity index is 1.61. The highest BCUT2D eigenvalue weighted by atomic mass is 35.5. The molecule has 1 heterocycles. The summed E-state index contributed by atoms with van der Waals surface area (Å²) in [4.78, 5) is 35.9. The summed E-state index contributed by atoms with van der Waals surface area (Å²) in [6.07, 6.45) is 3.35. The van der Waals surface area contributed by atoms with E-state index in [-0.39, 0.29) is 17.7 Å². The van der Waals surface area contributed by atoms with Crippen LogP contribution in [-0.2, 0) is 14.4 Å². The number of carbonyl (C=O) groups excluding carboxylic acids is 3. The summed E-state index contributed by atoms with van der Waals surface area (Å²) in [5, 5.41) is 3.37. The Kier molecular flexibility index (Phi) is 5.95. The zero-order chi connectivity index (χ0) is 15.9. The predicted octanol–water partition coefficient (Wildman–Crippen LogP) is 2.99. The highest BCUT2D eigenvalue weighted by molar-refractivity contribution is 6.30. The molecule has 6 heteroatoms. The Morgan fingerprint density at radius 1 is 1.14 bits per heavy atom. The maximum Gasteiger partial charge on any atom is 0.229 e. The molecule has 2 rings (SSSR count). The van der Waals surface area contributed by atoms with Crippen LogP contribution < -0.4 is 5.32 Å². The molecule has 0 spiro atoms. The molecule has 0 bridgehead atoms. The fourth-order valence-corrected chi connectivity index (χ4v) is 2.58. The van der Waals surface area contributed by atoms with Crippen LogP contribution in [0.5, 0.6) is 0 Å². The number of likely N-dealkylation sites (tertiary alicyclic amines) is 1. The number of anilines is 1. The van der Waals surface area contributed by atoms with E-state index in [1.54, 1.807) is 24.3 Å². The number of rotatable bonds is 7. The van der Waals surface area contributed by atoms with Crippen LogP contribution in [0, 0.1) is 0 Å². The Hall–Kier alpha value is -1.88. The molecule has 1 aromatic rings. The molecule has 0 aromatic heterocycles. The van der Waals surface area contributed by atoms with Gasteiger partial charge in [0.25, 0.3) is 0 Å². The molecule has 118 valence electrons. The van der Waals surface area contributed by atoms with Crippen LogP contribution in [0.1, 0.15) is 38.5 Å². The van der Waals surface area contributed by atoms with Crippen molar-refractivity contribution in [3.63, 3.8) is 0 Å². The molecule has 1 N–H and O–H groups in total. The van der Waals surface area contributed by atoms with E-state index in [4.69, 9.17) is 11.6 Å². The number of imide groups is 1. The fraction of sp³-hybridized carbons (Fsp3) is 0.438. The van der Waals surface area contributed by atoms with Gasteiger partial charge in [-0.25, -0.2) is 0 Å². The van der Waals surface area contributed by atoms with Crippen molar-refractivity contribution in [3.8, 4) is 0 Å². The second kappa shape index (κ2) is 7.94. The van der Waals surface area contributed by atoms with Gasteiger partial charge in [-0.1, -0.05) is 24.1 Å². The molecular formula is C16H19ClN2O3. The predicted molar refractivity (Wildman–Crippen MR) is 84.5 cm³/mol. The average molecular weight is 323 g/mol. The Morgan fingerprint density at radius 3 is 2.55 bits per heavy atom. The van der Waals surface area contributed by atoms with Gasteiger partial charge in [0.2, 0.25) is 17.7 Å². The van der Waals surface area contributed by atoms with Crippen molar-refractivity contribution in [1.82, 2.24) is 4.90 Å². The summed E-state index contributed by atoms with van der Waals surface area (Å²) in [6.45, 7) is 0.466. The van der Waals surface area contributed by atoms with Gasteiger partial charge in [0, 0.05) is 36.5 Å². The highest BCUT2D eigenvalue weighted by Crippen LogP contribution is 2.16. The monoisotopic (exact) mass is 322 g/mol. The number of unbranched alkanes of at least 4 members (excludes halogenated alkanes) is 2. The van der Waals surface area contributed by atoms with E-state index in [0.717, 1.165) is 19.3 Å². The lowest BCUT2D eigenvalue weighted by atomic mass is 10.1. The minimum atomic E-state index is -0.0799. The van der Waals surface area contributed by atoms with Gasteiger partial charge in [-0.05, 0) is 31.0 Å². The van der Waals surface area contributed by atoms with Gasteiger partial charge in [-0.2, -0.15) is 0 Å². The van der Waals surface area contributed by atoms with Crippen LogP contribution in [0.4, 0.5) is 5.69 Å². The van der Waals surface area contributed by atoms with Crippen LogP contribution in [-0.4, -0.2) is 29.2 Å². The summed E-state index contributed by atoms with van der Waals surface area (Å²) in [5.74, 6) is -0.219. The lowest BCUT2D eigenvalue weighted by Gasteiger charge is -2.13. The minimum Gasteiger partial charge on any atom is -0.326 e. The normalized spacial score (nSPS) is 14.5. The maximum absolute atomic E-state index is 11.8. The second-order valence-corrected chi connectivity index (χ2v) is 5.74.